The lowest BCUT2D eigenvalue weighted by molar-refractivity contribution is -0.182. The second kappa shape index (κ2) is 8.83. The first kappa shape index (κ1) is 27.0. The van der Waals surface area contributed by atoms with Crippen LogP contribution in [0.1, 0.15) is 98.8 Å². The lowest BCUT2D eigenvalue weighted by Crippen LogP contribution is -2.62. The molecule has 0 radical (unpaired) electrons. The van der Waals surface area contributed by atoms with Gasteiger partial charge in [0, 0.05) is 29.3 Å². The smallest absolute Gasteiger partial charge is 0.314 e. The number of esters is 1. The maximum absolute atomic E-state index is 14.0. The average Bonchev–Trinajstić information content (AvgIpc) is 3.22. The summed E-state index contributed by atoms with van der Waals surface area (Å²) in [6.07, 6.45) is 12.5. The molecule has 8 aliphatic rings. The number of ether oxygens (including phenoxy) is 1. The first-order valence-electron chi connectivity index (χ1n) is 16.3. The summed E-state index contributed by atoms with van der Waals surface area (Å²) in [6.45, 7) is 12.1. The zero-order chi connectivity index (χ0) is 28.4. The molecule has 8 rings (SSSR count). The molecule has 220 valence electrons. The molecule has 4 bridgehead atoms. The number of hydrogen-bond donors (Lipinski definition) is 1. The van der Waals surface area contributed by atoms with Gasteiger partial charge in [-0.25, -0.2) is 0 Å². The van der Waals surface area contributed by atoms with Gasteiger partial charge in [-0.1, -0.05) is 13.8 Å². The molecule has 6 saturated carbocycles. The van der Waals surface area contributed by atoms with E-state index in [1.807, 2.05) is 0 Å². The first-order chi connectivity index (χ1) is 18.8. The number of hydrogen-bond acceptors (Lipinski definition) is 5. The summed E-state index contributed by atoms with van der Waals surface area (Å²) < 4.78 is 6.53. The SMILES string of the molecule is CC(C)(C)N1C[C@H]2[C@@H]3CC[C@H](C(=O)OC4C5CC6CC(C5)CC4C6)[C@@]3(C)CC[C@@H]2[C@@]2(C)CC(C(=O)O)C(=O)C=C12. The number of aliphatic carboxylic acids is 1. The number of piperidine rings is 1. The fourth-order valence-electron chi connectivity index (χ4n) is 11.9. The lowest BCUT2D eigenvalue weighted by atomic mass is 9.48. The molecule has 6 heteroatoms. The third-order valence-electron chi connectivity index (χ3n) is 13.6. The van der Waals surface area contributed by atoms with E-state index in [0.717, 1.165) is 49.8 Å². The summed E-state index contributed by atoms with van der Waals surface area (Å²) in [4.78, 5) is 41.4. The van der Waals surface area contributed by atoms with Gasteiger partial charge in [-0.2, -0.15) is 0 Å². The van der Waals surface area contributed by atoms with Crippen molar-refractivity contribution in [3.05, 3.63) is 11.8 Å². The summed E-state index contributed by atoms with van der Waals surface area (Å²) in [5, 5.41) is 9.92. The second-order valence-electron chi connectivity index (χ2n) is 16.6. The number of carbonyl (C=O) groups excluding carboxylic acids is 2. The van der Waals surface area contributed by atoms with Crippen molar-refractivity contribution in [3.63, 3.8) is 0 Å². The number of carbonyl (C=O) groups is 3. The standard InChI is InChI=1S/C34H49NO5/c1-32(2,3)35-17-23-24-6-7-26(31(39)40-29-20-11-18-10-19(13-20)14-21(29)12-18)33(24,4)9-8-25(23)34(5)16-22(30(37)38)27(36)15-28(34)35/h15,18-26,29H,6-14,16-17H2,1-5H3,(H,37,38)/t18?,19?,20?,21?,22?,23-,24-,25-,26+,29?,33-,34+/m0/s1. The first-order valence-corrected chi connectivity index (χ1v) is 16.3. The van der Waals surface area contributed by atoms with Crippen LogP contribution in [0.25, 0.3) is 0 Å². The second-order valence-corrected chi connectivity index (χ2v) is 16.6. The lowest BCUT2D eigenvalue weighted by Gasteiger charge is -2.63. The molecule has 1 heterocycles. The highest BCUT2D eigenvalue weighted by Crippen LogP contribution is 2.66. The van der Waals surface area contributed by atoms with Crippen molar-refractivity contribution in [2.75, 3.05) is 6.54 Å². The summed E-state index contributed by atoms with van der Waals surface area (Å²) in [6, 6.07) is 0. The molecule has 7 atom stereocenters. The molecule has 0 aromatic carbocycles. The van der Waals surface area contributed by atoms with Crippen molar-refractivity contribution in [3.8, 4) is 0 Å². The van der Waals surface area contributed by atoms with Crippen LogP contribution < -0.4 is 0 Å². The number of fused-ring (bicyclic) bond motifs is 5. The van der Waals surface area contributed by atoms with Crippen molar-refractivity contribution in [1.82, 2.24) is 4.90 Å². The normalized spacial score (nSPS) is 49.2. The number of nitrogens with zero attached hydrogens (tertiary/aromatic N) is 1. The van der Waals surface area contributed by atoms with E-state index in [2.05, 4.69) is 39.5 Å². The molecular formula is C34H49NO5. The van der Waals surface area contributed by atoms with Crippen molar-refractivity contribution in [2.45, 2.75) is 110 Å². The van der Waals surface area contributed by atoms with Gasteiger partial charge in [0.15, 0.2) is 5.78 Å². The minimum Gasteiger partial charge on any atom is -0.481 e. The Kier molecular flexibility index (Phi) is 5.96. The summed E-state index contributed by atoms with van der Waals surface area (Å²) in [5.41, 5.74) is 0.428. The van der Waals surface area contributed by atoms with E-state index in [4.69, 9.17) is 4.74 Å². The van der Waals surface area contributed by atoms with Gasteiger partial charge in [0.05, 0.1) is 5.92 Å². The Morgan fingerprint density at radius 3 is 2.23 bits per heavy atom. The van der Waals surface area contributed by atoms with Crippen LogP contribution in [0.5, 0.6) is 0 Å². The number of rotatable bonds is 3. The fourth-order valence-corrected chi connectivity index (χ4v) is 11.9. The number of likely N-dealkylation sites (tertiary alicyclic amines) is 1. The summed E-state index contributed by atoms with van der Waals surface area (Å²) >= 11 is 0. The van der Waals surface area contributed by atoms with E-state index >= 15 is 0 Å². The van der Waals surface area contributed by atoms with Crippen LogP contribution in [0.15, 0.2) is 11.8 Å². The van der Waals surface area contributed by atoms with Crippen molar-refractivity contribution in [2.24, 2.45) is 64.1 Å². The van der Waals surface area contributed by atoms with Gasteiger partial charge in [0.1, 0.15) is 12.0 Å². The Labute approximate surface area is 239 Å². The van der Waals surface area contributed by atoms with Crippen LogP contribution in [0.2, 0.25) is 0 Å². The van der Waals surface area contributed by atoms with Gasteiger partial charge in [0.25, 0.3) is 0 Å². The van der Waals surface area contributed by atoms with Crippen molar-refractivity contribution >= 4 is 17.7 Å². The van der Waals surface area contributed by atoms with Gasteiger partial charge >= 0.3 is 11.9 Å². The third-order valence-corrected chi connectivity index (χ3v) is 13.6. The molecule has 1 saturated heterocycles. The maximum atomic E-state index is 14.0. The Morgan fingerprint density at radius 2 is 1.62 bits per heavy atom. The Hall–Kier alpha value is -1.85. The van der Waals surface area contributed by atoms with E-state index in [1.165, 1.54) is 32.1 Å². The topological polar surface area (TPSA) is 83.9 Å². The fraction of sp³-hybridized carbons (Fsp3) is 0.853. The highest BCUT2D eigenvalue weighted by molar-refractivity contribution is 6.05. The highest BCUT2D eigenvalue weighted by Gasteiger charge is 2.64. The largest absolute Gasteiger partial charge is 0.481 e. The number of ketones is 1. The molecule has 0 aromatic rings. The predicted octanol–water partition coefficient (Wildman–Crippen LogP) is 6.09. The van der Waals surface area contributed by atoms with E-state index in [-0.39, 0.29) is 40.1 Å². The molecule has 7 fully saturated rings. The molecular weight excluding hydrogens is 502 g/mol. The molecule has 7 aliphatic carbocycles. The van der Waals surface area contributed by atoms with Crippen LogP contribution in [0, 0.1) is 64.1 Å². The predicted molar refractivity (Wildman–Crippen MR) is 151 cm³/mol. The Morgan fingerprint density at radius 1 is 0.975 bits per heavy atom. The van der Waals surface area contributed by atoms with Crippen LogP contribution in [-0.4, -0.2) is 45.9 Å². The van der Waals surface area contributed by atoms with E-state index in [9.17, 15) is 19.5 Å². The highest BCUT2D eigenvalue weighted by atomic mass is 16.5. The number of allylic oxidation sites excluding steroid dienone is 2. The molecule has 0 amide bonds. The third kappa shape index (κ3) is 3.82. The number of carboxylic acid groups (broad SMARTS) is 1. The zero-order valence-electron chi connectivity index (χ0n) is 25.2. The van der Waals surface area contributed by atoms with Crippen molar-refractivity contribution < 1.29 is 24.2 Å². The van der Waals surface area contributed by atoms with Crippen molar-refractivity contribution in [1.29, 1.82) is 0 Å². The summed E-state index contributed by atoms with van der Waals surface area (Å²) in [5.74, 6) is 1.83. The molecule has 40 heavy (non-hydrogen) atoms. The maximum Gasteiger partial charge on any atom is 0.314 e. The van der Waals surface area contributed by atoms with Gasteiger partial charge < -0.3 is 14.7 Å². The monoisotopic (exact) mass is 551 g/mol. The van der Waals surface area contributed by atoms with E-state index in [0.29, 0.717) is 36.0 Å². The minimum absolute atomic E-state index is 0.0387. The van der Waals surface area contributed by atoms with Crippen LogP contribution >= 0.6 is 0 Å². The summed E-state index contributed by atoms with van der Waals surface area (Å²) in [7, 11) is 0. The molecule has 1 N–H and O–H groups in total. The Balaban J connectivity index is 1.16. The van der Waals surface area contributed by atoms with Crippen LogP contribution in [-0.2, 0) is 19.1 Å². The molecule has 1 unspecified atom stereocenters. The van der Waals surface area contributed by atoms with Gasteiger partial charge in [-0.3, -0.25) is 14.4 Å². The molecule has 6 nitrogen and oxygen atoms in total. The molecule has 0 aromatic heterocycles. The van der Waals surface area contributed by atoms with Crippen LogP contribution in [0.4, 0.5) is 0 Å². The van der Waals surface area contributed by atoms with Gasteiger partial charge in [0.2, 0.25) is 0 Å². The Bertz CT molecular complexity index is 1120. The average molecular weight is 552 g/mol. The van der Waals surface area contributed by atoms with Gasteiger partial charge in [-0.05, 0) is 132 Å². The van der Waals surface area contributed by atoms with Crippen LogP contribution in [0.3, 0.4) is 0 Å². The molecule has 1 aliphatic heterocycles. The van der Waals surface area contributed by atoms with E-state index in [1.54, 1.807) is 6.08 Å². The zero-order valence-corrected chi connectivity index (χ0v) is 25.2. The molecule has 0 spiro atoms. The van der Waals surface area contributed by atoms with E-state index < -0.39 is 11.9 Å². The quantitative estimate of drug-likeness (QED) is 0.338. The van der Waals surface area contributed by atoms with Gasteiger partial charge in [-0.15, -0.1) is 0 Å². The number of carboxylic acids is 1. The minimum atomic E-state index is -1.000.